The number of primary amides is 1. The Hall–Kier alpha value is -4.10. The van der Waals surface area contributed by atoms with Crippen LogP contribution in [0, 0.1) is 0 Å². The standard InChI is InChI=1S/C25H32N6O6S/c26-12-22(34)29-18(11-16-6-8-17(32)9-7-16)24(36)30-19(10-15-4-2-1-3-5-15)25(37)31-20(14-38)23(35)28-13-21(27)33/h1-9,18-20,32,38H,10-14,26H2,(H2,27,33)(H,28,35)(H,29,34)(H,30,36)(H,31,37)/t18-,19-,20-/m0/s1. The van der Waals surface area contributed by atoms with E-state index in [1.807, 2.05) is 0 Å². The number of rotatable bonds is 14. The van der Waals surface area contributed by atoms with Crippen LogP contribution in [0.5, 0.6) is 5.75 Å². The Morgan fingerprint density at radius 1 is 0.763 bits per heavy atom. The van der Waals surface area contributed by atoms with Gasteiger partial charge < -0.3 is 37.8 Å². The molecule has 12 nitrogen and oxygen atoms in total. The van der Waals surface area contributed by atoms with Crippen molar-refractivity contribution in [3.05, 3.63) is 65.7 Å². The summed E-state index contributed by atoms with van der Waals surface area (Å²) in [7, 11) is 0. The van der Waals surface area contributed by atoms with Crippen LogP contribution in [0.3, 0.4) is 0 Å². The Morgan fingerprint density at radius 3 is 1.82 bits per heavy atom. The van der Waals surface area contributed by atoms with Gasteiger partial charge in [-0.3, -0.25) is 24.0 Å². The lowest BCUT2D eigenvalue weighted by Crippen LogP contribution is -2.58. The quantitative estimate of drug-likeness (QED) is 0.127. The van der Waals surface area contributed by atoms with Crippen LogP contribution in [-0.2, 0) is 36.8 Å². The molecule has 0 heterocycles. The average Bonchev–Trinajstić information content (AvgIpc) is 2.90. The molecule has 0 spiro atoms. The molecule has 5 amide bonds. The van der Waals surface area contributed by atoms with Gasteiger partial charge in [0.25, 0.3) is 0 Å². The Labute approximate surface area is 225 Å². The Balaban J connectivity index is 2.24. The van der Waals surface area contributed by atoms with Gasteiger partial charge in [-0.05, 0) is 23.3 Å². The number of benzene rings is 2. The summed E-state index contributed by atoms with van der Waals surface area (Å²) in [5, 5.41) is 19.6. The van der Waals surface area contributed by atoms with Crippen LogP contribution in [0.15, 0.2) is 54.6 Å². The third-order valence-electron chi connectivity index (χ3n) is 5.38. The molecule has 0 aliphatic heterocycles. The largest absolute Gasteiger partial charge is 0.508 e. The summed E-state index contributed by atoms with van der Waals surface area (Å²) in [6.07, 6.45) is 0.143. The van der Waals surface area contributed by atoms with Crippen molar-refractivity contribution in [2.45, 2.75) is 31.0 Å². The van der Waals surface area contributed by atoms with Crippen LogP contribution in [-0.4, -0.2) is 71.6 Å². The SMILES string of the molecule is NCC(=O)N[C@@H](Cc1ccc(O)cc1)C(=O)N[C@@H](Cc1ccccc1)C(=O)N[C@@H](CS)C(=O)NCC(N)=O. The van der Waals surface area contributed by atoms with E-state index in [0.29, 0.717) is 5.56 Å². The molecule has 0 bridgehead atoms. The second-order valence-corrected chi connectivity index (χ2v) is 8.74. The van der Waals surface area contributed by atoms with E-state index in [0.717, 1.165) is 5.56 Å². The minimum atomic E-state index is -1.13. The molecule has 0 saturated heterocycles. The van der Waals surface area contributed by atoms with Crippen LogP contribution < -0.4 is 32.7 Å². The molecule has 0 fully saturated rings. The molecule has 2 aromatic carbocycles. The number of phenols is 1. The number of carbonyl (C=O) groups excluding carboxylic acids is 5. The van der Waals surface area contributed by atoms with E-state index < -0.39 is 54.2 Å². The molecule has 0 aliphatic carbocycles. The molecule has 9 N–H and O–H groups in total. The topological polar surface area (TPSA) is 206 Å². The second kappa shape index (κ2) is 15.2. The molecule has 0 unspecified atom stereocenters. The Bertz CT molecular complexity index is 1120. The van der Waals surface area contributed by atoms with Crippen molar-refractivity contribution in [2.24, 2.45) is 11.5 Å². The summed E-state index contributed by atoms with van der Waals surface area (Å²) in [6, 6.07) is 11.7. The second-order valence-electron chi connectivity index (χ2n) is 8.37. The van der Waals surface area contributed by atoms with E-state index >= 15 is 0 Å². The van der Waals surface area contributed by atoms with E-state index in [1.54, 1.807) is 42.5 Å². The molecule has 13 heteroatoms. The van der Waals surface area contributed by atoms with E-state index in [-0.39, 0.29) is 30.9 Å². The van der Waals surface area contributed by atoms with Crippen molar-refractivity contribution in [3.63, 3.8) is 0 Å². The first-order chi connectivity index (χ1) is 18.1. The highest BCUT2D eigenvalue weighted by molar-refractivity contribution is 7.80. The molecule has 2 aromatic rings. The first kappa shape index (κ1) is 30.1. The summed E-state index contributed by atoms with van der Waals surface area (Å²) in [4.78, 5) is 61.9. The summed E-state index contributed by atoms with van der Waals surface area (Å²) in [5.41, 5.74) is 11.8. The highest BCUT2D eigenvalue weighted by Gasteiger charge is 2.29. The fourth-order valence-corrected chi connectivity index (χ4v) is 3.68. The molecular formula is C25H32N6O6S. The minimum absolute atomic E-state index is 0.0407. The fourth-order valence-electron chi connectivity index (χ4n) is 3.43. The minimum Gasteiger partial charge on any atom is -0.508 e. The highest BCUT2D eigenvalue weighted by atomic mass is 32.1. The first-order valence-electron chi connectivity index (χ1n) is 11.7. The molecule has 38 heavy (non-hydrogen) atoms. The molecule has 0 aliphatic rings. The number of phenolic OH excluding ortho intramolecular Hbond substituents is 1. The summed E-state index contributed by atoms with van der Waals surface area (Å²) >= 11 is 4.10. The number of hydrogen-bond donors (Lipinski definition) is 8. The Morgan fingerprint density at radius 2 is 1.29 bits per heavy atom. The van der Waals surface area contributed by atoms with Crippen LogP contribution in [0.25, 0.3) is 0 Å². The van der Waals surface area contributed by atoms with Gasteiger partial charge in [-0.25, -0.2) is 0 Å². The molecule has 3 atom stereocenters. The monoisotopic (exact) mass is 544 g/mol. The summed E-state index contributed by atoms with van der Waals surface area (Å²) in [5.74, 6) is -3.37. The van der Waals surface area contributed by atoms with Crippen molar-refractivity contribution in [2.75, 3.05) is 18.8 Å². The molecule has 2 rings (SSSR count). The maximum atomic E-state index is 13.3. The van der Waals surface area contributed by atoms with E-state index in [1.165, 1.54) is 12.1 Å². The third-order valence-corrected chi connectivity index (χ3v) is 5.75. The lowest BCUT2D eigenvalue weighted by atomic mass is 10.0. The highest BCUT2D eigenvalue weighted by Crippen LogP contribution is 2.12. The van der Waals surface area contributed by atoms with Crippen LogP contribution in [0.1, 0.15) is 11.1 Å². The predicted octanol–water partition coefficient (Wildman–Crippen LogP) is -1.88. The third kappa shape index (κ3) is 10.1. The normalized spacial score (nSPS) is 12.9. The lowest BCUT2D eigenvalue weighted by Gasteiger charge is -2.25. The zero-order chi connectivity index (χ0) is 28.1. The maximum Gasteiger partial charge on any atom is 0.243 e. The molecule has 0 radical (unpaired) electrons. The summed E-state index contributed by atoms with van der Waals surface area (Å²) in [6.45, 7) is -0.764. The number of amides is 5. The number of nitrogens with one attached hydrogen (secondary N) is 4. The maximum absolute atomic E-state index is 13.3. The molecular weight excluding hydrogens is 512 g/mol. The van der Waals surface area contributed by atoms with E-state index in [4.69, 9.17) is 11.5 Å². The van der Waals surface area contributed by atoms with Crippen LogP contribution in [0.2, 0.25) is 0 Å². The van der Waals surface area contributed by atoms with Gasteiger partial charge in [0.15, 0.2) is 0 Å². The average molecular weight is 545 g/mol. The zero-order valence-electron chi connectivity index (χ0n) is 20.6. The van der Waals surface area contributed by atoms with Gasteiger partial charge in [0, 0.05) is 18.6 Å². The van der Waals surface area contributed by atoms with Crippen molar-refractivity contribution in [1.82, 2.24) is 21.3 Å². The van der Waals surface area contributed by atoms with Gasteiger partial charge in [-0.15, -0.1) is 0 Å². The summed E-state index contributed by atoms with van der Waals surface area (Å²) < 4.78 is 0. The van der Waals surface area contributed by atoms with Crippen molar-refractivity contribution < 1.29 is 29.1 Å². The Kier molecular flexibility index (Phi) is 12.1. The number of thiol groups is 1. The predicted molar refractivity (Wildman–Crippen MR) is 143 cm³/mol. The van der Waals surface area contributed by atoms with Gasteiger partial charge in [0.1, 0.15) is 23.9 Å². The van der Waals surface area contributed by atoms with Crippen LogP contribution in [0.4, 0.5) is 0 Å². The molecule has 0 aromatic heterocycles. The number of aromatic hydroxyl groups is 1. The number of nitrogens with two attached hydrogens (primary N) is 2. The molecule has 0 saturated carbocycles. The van der Waals surface area contributed by atoms with E-state index in [2.05, 4.69) is 33.9 Å². The van der Waals surface area contributed by atoms with Gasteiger partial charge >= 0.3 is 0 Å². The van der Waals surface area contributed by atoms with Gasteiger partial charge in [0.05, 0.1) is 13.1 Å². The fraction of sp³-hybridized carbons (Fsp3) is 0.320. The lowest BCUT2D eigenvalue weighted by molar-refractivity contribution is -0.133. The van der Waals surface area contributed by atoms with Crippen molar-refractivity contribution in [1.29, 1.82) is 0 Å². The first-order valence-corrected chi connectivity index (χ1v) is 12.3. The molecule has 204 valence electrons. The number of hydrogen-bond acceptors (Lipinski definition) is 8. The van der Waals surface area contributed by atoms with Crippen molar-refractivity contribution >= 4 is 42.2 Å². The van der Waals surface area contributed by atoms with Gasteiger partial charge in [-0.1, -0.05) is 42.5 Å². The van der Waals surface area contributed by atoms with Gasteiger partial charge in [0.2, 0.25) is 29.5 Å². The number of carbonyl (C=O) groups is 5. The smallest absolute Gasteiger partial charge is 0.243 e. The van der Waals surface area contributed by atoms with Gasteiger partial charge in [-0.2, -0.15) is 12.6 Å². The van der Waals surface area contributed by atoms with E-state index in [9.17, 15) is 29.1 Å². The zero-order valence-corrected chi connectivity index (χ0v) is 21.4. The van der Waals surface area contributed by atoms with Crippen molar-refractivity contribution in [3.8, 4) is 5.75 Å². The van der Waals surface area contributed by atoms with Crippen LogP contribution >= 0.6 is 12.6 Å².